The Morgan fingerprint density at radius 1 is 1.06 bits per heavy atom. The Morgan fingerprint density at radius 3 is 2.38 bits per heavy atom. The van der Waals surface area contributed by atoms with E-state index in [1.807, 2.05) is 31.2 Å². The van der Waals surface area contributed by atoms with Crippen molar-refractivity contribution >= 4 is 21.8 Å². The molecule has 1 saturated heterocycles. The van der Waals surface area contributed by atoms with Gasteiger partial charge in [0.25, 0.3) is 0 Å². The fourth-order valence-electron chi connectivity index (χ4n) is 3.21. The molecule has 1 aliphatic heterocycles. The van der Waals surface area contributed by atoms with Crippen LogP contribution in [0.3, 0.4) is 0 Å². The highest BCUT2D eigenvalue weighted by molar-refractivity contribution is 7.89. The molecule has 0 unspecified atom stereocenters. The van der Waals surface area contributed by atoms with Gasteiger partial charge in [-0.25, -0.2) is 8.42 Å². The second kappa shape index (κ2) is 10.6. The van der Waals surface area contributed by atoms with Crippen LogP contribution in [0.2, 0.25) is 0 Å². The van der Waals surface area contributed by atoms with Crippen LogP contribution in [0.1, 0.15) is 17.5 Å². The van der Waals surface area contributed by atoms with Crippen molar-refractivity contribution in [2.45, 2.75) is 31.0 Å². The number of ether oxygens (including phenoxy) is 2. The predicted octanol–water partition coefficient (Wildman–Crippen LogP) is 1.17. The monoisotopic (exact) mass is 461 g/mol. The molecule has 0 radical (unpaired) electrons. The minimum absolute atomic E-state index is 0.0935. The van der Waals surface area contributed by atoms with Crippen molar-refractivity contribution in [1.29, 1.82) is 0 Å². The van der Waals surface area contributed by atoms with E-state index in [2.05, 4.69) is 10.6 Å². The summed E-state index contributed by atoms with van der Waals surface area (Å²) >= 11 is 0. The van der Waals surface area contributed by atoms with E-state index >= 15 is 0 Å². The summed E-state index contributed by atoms with van der Waals surface area (Å²) in [4.78, 5) is 24.4. The topological polar surface area (TPSA) is 114 Å². The molecule has 2 amide bonds. The Hall–Kier alpha value is -2.95. The molecule has 1 heterocycles. The first-order valence-electron chi connectivity index (χ1n) is 10.2. The average Bonchev–Trinajstić information content (AvgIpc) is 2.82. The Balaban J connectivity index is 1.58. The van der Waals surface area contributed by atoms with Crippen LogP contribution in [0.15, 0.2) is 53.4 Å². The van der Waals surface area contributed by atoms with Gasteiger partial charge in [0.2, 0.25) is 10.0 Å². The molecule has 1 aliphatic rings. The number of aryl methyl sites for hydroxylation is 1. The van der Waals surface area contributed by atoms with Crippen molar-refractivity contribution in [3.8, 4) is 5.75 Å². The molecule has 10 heteroatoms. The lowest BCUT2D eigenvalue weighted by Crippen LogP contribution is -2.53. The quantitative estimate of drug-likeness (QED) is 0.599. The lowest BCUT2D eigenvalue weighted by Gasteiger charge is -2.34. The van der Waals surface area contributed by atoms with Crippen LogP contribution in [0.4, 0.5) is 0 Å². The Bertz CT molecular complexity index is 1040. The molecular formula is C22H27N3O6S. The predicted molar refractivity (Wildman–Crippen MR) is 117 cm³/mol. The van der Waals surface area contributed by atoms with E-state index in [0.717, 1.165) is 11.1 Å². The number of hydrogen-bond donors (Lipinski definition) is 2. The summed E-state index contributed by atoms with van der Waals surface area (Å²) in [5.41, 5.74) is 1.96. The van der Waals surface area contributed by atoms with Crippen molar-refractivity contribution in [1.82, 2.24) is 14.9 Å². The molecule has 1 atom stereocenters. The van der Waals surface area contributed by atoms with Gasteiger partial charge >= 0.3 is 11.8 Å². The molecule has 172 valence electrons. The van der Waals surface area contributed by atoms with Crippen LogP contribution in [0.5, 0.6) is 5.75 Å². The molecule has 0 bridgehead atoms. The number of nitrogens with zero attached hydrogens (tertiary/aromatic N) is 1. The van der Waals surface area contributed by atoms with E-state index in [4.69, 9.17) is 9.47 Å². The summed E-state index contributed by atoms with van der Waals surface area (Å²) < 4.78 is 38.0. The van der Waals surface area contributed by atoms with Crippen LogP contribution in [-0.2, 0) is 30.9 Å². The molecule has 3 rings (SSSR count). The molecule has 0 spiro atoms. The Kier molecular flexibility index (Phi) is 7.84. The minimum atomic E-state index is -3.85. The number of methoxy groups -OCH3 is 1. The largest absolute Gasteiger partial charge is 0.497 e. The van der Waals surface area contributed by atoms with Gasteiger partial charge in [0, 0.05) is 13.1 Å². The van der Waals surface area contributed by atoms with Gasteiger partial charge in [0.05, 0.1) is 25.2 Å². The molecule has 2 aromatic carbocycles. The van der Waals surface area contributed by atoms with E-state index < -0.39 is 28.1 Å². The summed E-state index contributed by atoms with van der Waals surface area (Å²) in [6.07, 6.45) is -0.388. The minimum Gasteiger partial charge on any atom is -0.497 e. The molecule has 0 aliphatic carbocycles. The van der Waals surface area contributed by atoms with Crippen molar-refractivity contribution in [3.05, 3.63) is 59.7 Å². The maximum absolute atomic E-state index is 13.1. The number of amides is 2. The van der Waals surface area contributed by atoms with Gasteiger partial charge in [0.15, 0.2) is 0 Å². The van der Waals surface area contributed by atoms with Crippen molar-refractivity contribution in [2.24, 2.45) is 0 Å². The van der Waals surface area contributed by atoms with Gasteiger partial charge in [-0.1, -0.05) is 29.8 Å². The highest BCUT2D eigenvalue weighted by Crippen LogP contribution is 2.23. The van der Waals surface area contributed by atoms with Gasteiger partial charge < -0.3 is 20.1 Å². The second-order valence-corrected chi connectivity index (χ2v) is 9.24. The fraction of sp³-hybridized carbons (Fsp3) is 0.364. The lowest BCUT2D eigenvalue weighted by molar-refractivity contribution is -0.140. The van der Waals surface area contributed by atoms with Crippen molar-refractivity contribution in [3.63, 3.8) is 0 Å². The van der Waals surface area contributed by atoms with Gasteiger partial charge in [-0.3, -0.25) is 9.59 Å². The van der Waals surface area contributed by atoms with E-state index in [0.29, 0.717) is 18.8 Å². The molecular weight excluding hydrogens is 434 g/mol. The van der Waals surface area contributed by atoms with Gasteiger partial charge in [-0.15, -0.1) is 0 Å². The molecule has 0 aromatic heterocycles. The maximum Gasteiger partial charge on any atom is 0.309 e. The SMILES string of the molecule is COc1ccc(S(=O)(=O)N2CCCO[C@@H]2CNC(=O)C(=O)NCc2ccc(C)cc2)cc1. The van der Waals surface area contributed by atoms with Gasteiger partial charge in [-0.2, -0.15) is 4.31 Å². The molecule has 9 nitrogen and oxygen atoms in total. The third kappa shape index (κ3) is 5.84. The number of benzene rings is 2. The summed E-state index contributed by atoms with van der Waals surface area (Å²) in [5.74, 6) is -1.11. The van der Waals surface area contributed by atoms with Crippen LogP contribution >= 0.6 is 0 Å². The zero-order valence-corrected chi connectivity index (χ0v) is 18.9. The summed E-state index contributed by atoms with van der Waals surface area (Å²) in [5, 5.41) is 5.02. The highest BCUT2D eigenvalue weighted by atomic mass is 32.2. The zero-order valence-electron chi connectivity index (χ0n) is 18.0. The smallest absolute Gasteiger partial charge is 0.309 e. The third-order valence-corrected chi connectivity index (χ3v) is 6.94. The van der Waals surface area contributed by atoms with E-state index in [1.54, 1.807) is 12.1 Å². The average molecular weight is 462 g/mol. The Morgan fingerprint density at radius 2 is 1.72 bits per heavy atom. The standard InChI is InChI=1S/C22H27N3O6S/c1-16-4-6-17(7-5-16)14-23-21(26)22(27)24-15-20-25(12-3-13-31-20)32(28,29)19-10-8-18(30-2)9-11-19/h4-11,20H,3,12-15H2,1-2H3,(H,23,26)(H,24,27)/t20-/m1/s1. The maximum atomic E-state index is 13.1. The summed E-state index contributed by atoms with van der Waals surface area (Å²) in [6.45, 7) is 2.63. The molecule has 0 saturated carbocycles. The molecule has 32 heavy (non-hydrogen) atoms. The summed E-state index contributed by atoms with van der Waals surface area (Å²) in [7, 11) is -2.36. The van der Waals surface area contributed by atoms with Crippen LogP contribution in [0.25, 0.3) is 0 Å². The van der Waals surface area contributed by atoms with Crippen molar-refractivity contribution < 1.29 is 27.5 Å². The lowest BCUT2D eigenvalue weighted by atomic mass is 10.1. The first kappa shape index (κ1) is 23.7. The van der Waals surface area contributed by atoms with E-state index in [1.165, 1.54) is 23.5 Å². The normalized spacial score (nSPS) is 16.9. The third-order valence-electron chi connectivity index (χ3n) is 5.04. The van der Waals surface area contributed by atoms with Gasteiger partial charge in [0.1, 0.15) is 12.0 Å². The zero-order chi connectivity index (χ0) is 23.1. The fourth-order valence-corrected chi connectivity index (χ4v) is 4.78. The highest BCUT2D eigenvalue weighted by Gasteiger charge is 2.35. The van der Waals surface area contributed by atoms with E-state index in [-0.39, 0.29) is 24.5 Å². The van der Waals surface area contributed by atoms with Crippen LogP contribution < -0.4 is 15.4 Å². The number of hydrogen-bond acceptors (Lipinski definition) is 6. The summed E-state index contributed by atoms with van der Waals surface area (Å²) in [6, 6.07) is 13.6. The number of carbonyl (C=O) groups is 2. The van der Waals surface area contributed by atoms with E-state index in [9.17, 15) is 18.0 Å². The first-order valence-corrected chi connectivity index (χ1v) is 11.6. The Labute approximate surface area is 187 Å². The van der Waals surface area contributed by atoms with Gasteiger partial charge in [-0.05, 0) is 43.2 Å². The molecule has 1 fully saturated rings. The number of carbonyl (C=O) groups excluding carboxylic acids is 2. The van der Waals surface area contributed by atoms with Crippen LogP contribution in [0, 0.1) is 6.92 Å². The first-order chi connectivity index (χ1) is 15.3. The van der Waals surface area contributed by atoms with Crippen LogP contribution in [-0.4, -0.2) is 57.6 Å². The second-order valence-electron chi connectivity index (χ2n) is 7.35. The number of sulfonamides is 1. The number of nitrogens with one attached hydrogen (secondary N) is 2. The molecule has 2 N–H and O–H groups in total. The number of rotatable bonds is 7. The van der Waals surface area contributed by atoms with Crippen molar-refractivity contribution in [2.75, 3.05) is 26.8 Å². The molecule has 2 aromatic rings.